The van der Waals surface area contributed by atoms with Crippen LogP contribution in [0.3, 0.4) is 0 Å². The molecule has 3 N–H and O–H groups in total. The zero-order valence-electron chi connectivity index (χ0n) is 32.8. The normalized spacial score (nSPS) is 22.0. The summed E-state index contributed by atoms with van der Waals surface area (Å²) in [7, 11) is -2.36. The molecule has 1 saturated heterocycles. The van der Waals surface area contributed by atoms with Crippen LogP contribution < -0.4 is 29.6 Å². The minimum atomic E-state index is -3.93. The minimum Gasteiger partial charge on any atom is -0.497 e. The molecule has 3 fully saturated rings. The Labute approximate surface area is 337 Å². The van der Waals surface area contributed by atoms with E-state index in [1.54, 1.807) is 76.4 Å². The maximum Gasteiger partial charge on any atom is 0.413 e. The van der Waals surface area contributed by atoms with Gasteiger partial charge in [-0.25, -0.2) is 18.2 Å². The highest BCUT2D eigenvalue weighted by atomic mass is 32.2. The van der Waals surface area contributed by atoms with E-state index in [9.17, 15) is 27.6 Å². The molecular weight excluding hydrogens is 763 g/mol. The van der Waals surface area contributed by atoms with Crippen molar-refractivity contribution in [2.45, 2.75) is 75.4 Å². The summed E-state index contributed by atoms with van der Waals surface area (Å²) >= 11 is 0. The Morgan fingerprint density at radius 1 is 0.966 bits per heavy atom. The molecule has 3 aromatic carbocycles. The van der Waals surface area contributed by atoms with Gasteiger partial charge in [-0.05, 0) is 48.9 Å². The number of hydrogen-bond donors (Lipinski definition) is 3. The van der Waals surface area contributed by atoms with Gasteiger partial charge in [-0.1, -0.05) is 75.4 Å². The van der Waals surface area contributed by atoms with E-state index >= 15 is 0 Å². The first kappa shape index (κ1) is 40.2. The topological polar surface area (TPSA) is 182 Å². The first-order valence-corrected chi connectivity index (χ1v) is 20.7. The van der Waals surface area contributed by atoms with Gasteiger partial charge >= 0.3 is 6.09 Å². The van der Waals surface area contributed by atoms with Crippen LogP contribution in [0, 0.1) is 11.3 Å². The van der Waals surface area contributed by atoms with Crippen molar-refractivity contribution in [3.05, 3.63) is 97.6 Å². The van der Waals surface area contributed by atoms with Crippen molar-refractivity contribution < 1.29 is 41.8 Å². The highest BCUT2D eigenvalue weighted by Gasteiger charge is 2.62. The minimum absolute atomic E-state index is 0.000364. The Morgan fingerprint density at radius 3 is 2.28 bits per heavy atom. The first-order chi connectivity index (χ1) is 27.6. The quantitative estimate of drug-likeness (QED) is 0.153. The summed E-state index contributed by atoms with van der Waals surface area (Å²) < 4.78 is 45.4. The Kier molecular flexibility index (Phi) is 10.9. The van der Waals surface area contributed by atoms with Gasteiger partial charge in [0.15, 0.2) is 0 Å². The molecule has 2 aliphatic carbocycles. The van der Waals surface area contributed by atoms with Gasteiger partial charge in [-0.3, -0.25) is 19.1 Å². The number of sulfonamides is 1. The van der Waals surface area contributed by atoms with Crippen LogP contribution in [0.5, 0.6) is 17.2 Å². The second kappa shape index (κ2) is 15.8. The van der Waals surface area contributed by atoms with Crippen molar-refractivity contribution in [1.29, 1.82) is 0 Å². The number of rotatable bonds is 13. The smallest absolute Gasteiger partial charge is 0.413 e. The van der Waals surface area contributed by atoms with Crippen molar-refractivity contribution >= 4 is 44.7 Å². The van der Waals surface area contributed by atoms with Crippen LogP contribution in [0.1, 0.15) is 46.5 Å². The molecule has 0 bridgehead atoms. The summed E-state index contributed by atoms with van der Waals surface area (Å²) in [6, 6.07) is 22.8. The van der Waals surface area contributed by atoms with E-state index in [-0.39, 0.29) is 25.1 Å². The summed E-state index contributed by atoms with van der Waals surface area (Å²) in [4.78, 5) is 62.3. The summed E-state index contributed by atoms with van der Waals surface area (Å²) in [6.45, 7) is 9.05. The van der Waals surface area contributed by atoms with E-state index in [0.29, 0.717) is 40.9 Å². The third kappa shape index (κ3) is 8.49. The number of methoxy groups -OCH3 is 1. The number of carbonyl (C=O) groups is 4. The van der Waals surface area contributed by atoms with E-state index in [4.69, 9.17) is 19.2 Å². The van der Waals surface area contributed by atoms with Crippen molar-refractivity contribution in [2.75, 3.05) is 13.7 Å². The zero-order valence-corrected chi connectivity index (χ0v) is 33.6. The summed E-state index contributed by atoms with van der Waals surface area (Å²) in [5.74, 6) is -1.34. The molecule has 2 heterocycles. The molecule has 4 amide bonds. The standard InChI is InChI=1S/C43H47N5O9S/c1-6-27-24-43(27,40(51)47-58(53,54)31-18-19-31)46-38(49)35-22-30(25-48(35)39(50)37(42(2,3)4)45-41(52)57-28-15-11-8-12-16-28)56-36-23-33(26-13-9-7-10-14-26)44-34-21-29(55-5)17-20-32(34)36/h6-17,20-21,23,27,30-31,35,37H,1,18-19,22,24-25H2,2-5H3,(H,45,52)(H,46,49)(H,47,51). The van der Waals surface area contributed by atoms with Crippen LogP contribution in [-0.4, -0.2) is 84.7 Å². The number of carbonyl (C=O) groups excluding carboxylic acids is 4. The Hall–Kier alpha value is -5.96. The van der Waals surface area contributed by atoms with E-state index in [1.807, 2.05) is 36.4 Å². The van der Waals surface area contributed by atoms with Crippen molar-refractivity contribution in [3.63, 3.8) is 0 Å². The number of fused-ring (bicyclic) bond motifs is 1. The molecule has 15 heteroatoms. The predicted molar refractivity (Wildman–Crippen MR) is 216 cm³/mol. The fourth-order valence-electron chi connectivity index (χ4n) is 7.29. The van der Waals surface area contributed by atoms with Gasteiger partial charge in [0.1, 0.15) is 41.0 Å². The molecule has 3 aliphatic rings. The van der Waals surface area contributed by atoms with Crippen LogP contribution in [0.15, 0.2) is 97.6 Å². The van der Waals surface area contributed by atoms with Crippen LogP contribution in [0.2, 0.25) is 0 Å². The number of benzene rings is 3. The molecule has 304 valence electrons. The summed E-state index contributed by atoms with van der Waals surface area (Å²) in [6.07, 6.45) is 0.909. The third-order valence-electron chi connectivity index (χ3n) is 10.8. The lowest BCUT2D eigenvalue weighted by Gasteiger charge is -2.35. The molecule has 7 rings (SSSR count). The van der Waals surface area contributed by atoms with Crippen LogP contribution in [0.25, 0.3) is 22.2 Å². The summed E-state index contributed by atoms with van der Waals surface area (Å²) in [5.41, 5.74) is -0.375. The Balaban J connectivity index is 1.21. The van der Waals surface area contributed by atoms with Crippen LogP contribution >= 0.6 is 0 Å². The van der Waals surface area contributed by atoms with E-state index in [0.717, 1.165) is 5.56 Å². The predicted octanol–water partition coefficient (Wildman–Crippen LogP) is 5.13. The molecule has 2 saturated carbocycles. The van der Waals surface area contributed by atoms with Gasteiger partial charge in [-0.2, -0.15) is 0 Å². The molecule has 1 aliphatic heterocycles. The number of aromatic nitrogens is 1. The molecule has 0 spiro atoms. The van der Waals surface area contributed by atoms with E-state index in [2.05, 4.69) is 21.9 Å². The highest BCUT2D eigenvalue weighted by molar-refractivity contribution is 7.91. The number of pyridine rings is 1. The van der Waals surface area contributed by atoms with Gasteiger partial charge < -0.3 is 29.7 Å². The number of para-hydroxylation sites is 1. The van der Waals surface area contributed by atoms with E-state index in [1.165, 1.54) is 11.0 Å². The second-order valence-corrected chi connectivity index (χ2v) is 18.0. The maximum absolute atomic E-state index is 14.7. The largest absolute Gasteiger partial charge is 0.497 e. The number of nitrogens with zero attached hydrogens (tertiary/aromatic N) is 2. The molecular formula is C43H47N5O9S. The average Bonchev–Trinajstić information content (AvgIpc) is 4.13. The molecule has 1 aromatic heterocycles. The lowest BCUT2D eigenvalue weighted by molar-refractivity contribution is -0.142. The molecule has 4 aromatic rings. The Morgan fingerprint density at radius 2 is 1.66 bits per heavy atom. The molecule has 58 heavy (non-hydrogen) atoms. The van der Waals surface area contributed by atoms with Crippen molar-refractivity contribution in [3.8, 4) is 28.5 Å². The fourth-order valence-corrected chi connectivity index (χ4v) is 8.65. The number of nitrogens with one attached hydrogen (secondary N) is 3. The molecule has 5 atom stereocenters. The van der Waals surface area contributed by atoms with Crippen molar-refractivity contribution in [1.82, 2.24) is 25.2 Å². The van der Waals surface area contributed by atoms with E-state index < -0.39 is 74.1 Å². The maximum atomic E-state index is 14.7. The van der Waals surface area contributed by atoms with Crippen LogP contribution in [0.4, 0.5) is 4.79 Å². The SMILES string of the molecule is C=CC1CC1(NC(=O)C1CC(Oc2cc(-c3ccccc3)nc3cc(OC)ccc23)CN1C(=O)C(NC(=O)Oc1ccccc1)C(C)(C)C)C(=O)NS(=O)(=O)C1CC1. The molecule has 14 nitrogen and oxygen atoms in total. The number of amides is 4. The summed E-state index contributed by atoms with van der Waals surface area (Å²) in [5, 5.41) is 5.54. The zero-order chi connectivity index (χ0) is 41.4. The van der Waals surface area contributed by atoms with Gasteiger partial charge in [0.05, 0.1) is 30.1 Å². The molecule has 5 unspecified atom stereocenters. The third-order valence-corrected chi connectivity index (χ3v) is 12.6. The number of ether oxygens (including phenoxy) is 3. The number of likely N-dealkylation sites (tertiary alicyclic amines) is 1. The average molecular weight is 810 g/mol. The Bertz CT molecular complexity index is 2350. The first-order valence-electron chi connectivity index (χ1n) is 19.2. The highest BCUT2D eigenvalue weighted by Crippen LogP contribution is 2.46. The van der Waals surface area contributed by atoms with Gasteiger partial charge in [0.25, 0.3) is 5.91 Å². The van der Waals surface area contributed by atoms with Crippen LogP contribution in [-0.2, 0) is 24.4 Å². The monoisotopic (exact) mass is 809 g/mol. The van der Waals surface area contributed by atoms with Gasteiger partial charge in [-0.15, -0.1) is 6.58 Å². The van der Waals surface area contributed by atoms with Gasteiger partial charge in [0, 0.05) is 35.4 Å². The number of hydrogen-bond acceptors (Lipinski definition) is 10. The second-order valence-electron chi connectivity index (χ2n) is 16.1. The van der Waals surface area contributed by atoms with Gasteiger partial charge in [0.2, 0.25) is 21.8 Å². The lowest BCUT2D eigenvalue weighted by atomic mass is 9.85. The fraction of sp³-hybridized carbons (Fsp3) is 0.372. The lowest BCUT2D eigenvalue weighted by Crippen LogP contribution is -2.60. The molecule has 0 radical (unpaired) electrons. The van der Waals surface area contributed by atoms with Crippen molar-refractivity contribution in [2.24, 2.45) is 11.3 Å².